The first-order valence-corrected chi connectivity index (χ1v) is 8.95. The first-order chi connectivity index (χ1) is 12.7. The molecule has 0 unspecified atom stereocenters. The van der Waals surface area contributed by atoms with Crippen LogP contribution in [0.15, 0.2) is 28.8 Å². The van der Waals surface area contributed by atoms with Gasteiger partial charge in [-0.25, -0.2) is 0 Å². The largest absolute Gasteiger partial charge is 0.496 e. The third kappa shape index (κ3) is 4.22. The lowest BCUT2D eigenvalue weighted by Crippen LogP contribution is -2.36. The van der Waals surface area contributed by atoms with Crippen LogP contribution in [0, 0.1) is 0 Å². The van der Waals surface area contributed by atoms with Gasteiger partial charge in [-0.15, -0.1) is 0 Å². The summed E-state index contributed by atoms with van der Waals surface area (Å²) in [6, 6.07) is 7.46. The second-order valence-electron chi connectivity index (χ2n) is 6.42. The van der Waals surface area contributed by atoms with Gasteiger partial charge in [0.25, 0.3) is 5.89 Å². The van der Waals surface area contributed by atoms with E-state index in [4.69, 9.17) is 14.0 Å². The summed E-state index contributed by atoms with van der Waals surface area (Å²) >= 11 is 0. The van der Waals surface area contributed by atoms with E-state index in [9.17, 15) is 4.79 Å². The van der Waals surface area contributed by atoms with E-state index in [0.717, 1.165) is 37.0 Å². The maximum atomic E-state index is 13.1. The van der Waals surface area contributed by atoms with Crippen LogP contribution >= 0.6 is 0 Å². The van der Waals surface area contributed by atoms with E-state index in [2.05, 4.69) is 10.1 Å². The van der Waals surface area contributed by atoms with Gasteiger partial charge in [0.1, 0.15) is 12.4 Å². The number of hydrogen-bond acceptors (Lipinski definition) is 6. The number of hydrogen-bond donors (Lipinski definition) is 0. The van der Waals surface area contributed by atoms with Gasteiger partial charge < -0.3 is 18.9 Å². The number of rotatable bonds is 6. The van der Waals surface area contributed by atoms with E-state index in [0.29, 0.717) is 24.7 Å². The number of amides is 1. The van der Waals surface area contributed by atoms with Gasteiger partial charge in [-0.1, -0.05) is 36.2 Å². The highest BCUT2D eigenvalue weighted by atomic mass is 16.5. The lowest BCUT2D eigenvalue weighted by molar-refractivity contribution is -0.133. The quantitative estimate of drug-likeness (QED) is 0.789. The molecule has 0 saturated carbocycles. The van der Waals surface area contributed by atoms with E-state index in [1.807, 2.05) is 29.2 Å². The molecule has 3 rings (SSSR count). The Morgan fingerprint density at radius 3 is 2.92 bits per heavy atom. The zero-order valence-corrected chi connectivity index (χ0v) is 15.3. The van der Waals surface area contributed by atoms with Crippen LogP contribution in [0.25, 0.3) is 0 Å². The van der Waals surface area contributed by atoms with Gasteiger partial charge in [-0.3, -0.25) is 4.79 Å². The second-order valence-corrected chi connectivity index (χ2v) is 6.42. The van der Waals surface area contributed by atoms with Crippen LogP contribution in [0.4, 0.5) is 0 Å². The summed E-state index contributed by atoms with van der Waals surface area (Å²) in [6.07, 6.45) is 4.25. The van der Waals surface area contributed by atoms with Gasteiger partial charge >= 0.3 is 0 Å². The Balaban J connectivity index is 1.80. The van der Waals surface area contributed by atoms with Gasteiger partial charge in [-0.05, 0) is 18.9 Å². The van der Waals surface area contributed by atoms with Crippen molar-refractivity contribution >= 4 is 5.91 Å². The zero-order valence-electron chi connectivity index (χ0n) is 15.3. The number of carbonyl (C=O) groups excluding carboxylic acids is 1. The third-order valence-electron chi connectivity index (χ3n) is 4.66. The van der Waals surface area contributed by atoms with Crippen LogP contribution in [-0.4, -0.2) is 41.7 Å². The maximum absolute atomic E-state index is 13.1. The fourth-order valence-corrected chi connectivity index (χ4v) is 3.37. The van der Waals surface area contributed by atoms with Gasteiger partial charge in [0, 0.05) is 19.2 Å². The molecule has 1 fully saturated rings. The van der Waals surface area contributed by atoms with Crippen molar-refractivity contribution in [1.82, 2.24) is 15.0 Å². The molecule has 1 atom stereocenters. The van der Waals surface area contributed by atoms with Gasteiger partial charge in [-0.2, -0.15) is 4.98 Å². The molecule has 1 aromatic heterocycles. The average molecular weight is 359 g/mol. The number of carbonyl (C=O) groups is 1. The molecule has 26 heavy (non-hydrogen) atoms. The fourth-order valence-electron chi connectivity index (χ4n) is 3.37. The minimum Gasteiger partial charge on any atom is -0.496 e. The Morgan fingerprint density at radius 2 is 2.12 bits per heavy atom. The Morgan fingerprint density at radius 1 is 1.27 bits per heavy atom. The predicted molar refractivity (Wildman–Crippen MR) is 94.6 cm³/mol. The van der Waals surface area contributed by atoms with Crippen LogP contribution in [0.3, 0.4) is 0 Å². The molecule has 2 aromatic rings. The van der Waals surface area contributed by atoms with Crippen molar-refractivity contribution in [2.75, 3.05) is 20.8 Å². The Labute approximate surface area is 153 Å². The average Bonchev–Trinajstić information content (AvgIpc) is 2.97. The maximum Gasteiger partial charge on any atom is 0.252 e. The number of methoxy groups -OCH3 is 2. The molecule has 0 bridgehead atoms. The Bertz CT molecular complexity index is 731. The van der Waals surface area contributed by atoms with Crippen molar-refractivity contribution in [2.45, 2.75) is 44.8 Å². The van der Waals surface area contributed by atoms with Crippen molar-refractivity contribution in [3.05, 3.63) is 41.5 Å². The minimum absolute atomic E-state index is 0.0551. The SMILES string of the molecule is COCc1nc([C@H]2CCCCCN2C(=O)Cc2ccccc2OC)no1. The molecule has 0 radical (unpaired) electrons. The molecule has 1 saturated heterocycles. The number of benzene rings is 1. The van der Waals surface area contributed by atoms with E-state index in [-0.39, 0.29) is 18.6 Å². The van der Waals surface area contributed by atoms with Gasteiger partial charge in [0.05, 0.1) is 19.6 Å². The van der Waals surface area contributed by atoms with E-state index in [1.165, 1.54) is 0 Å². The van der Waals surface area contributed by atoms with Crippen LogP contribution in [-0.2, 0) is 22.6 Å². The van der Waals surface area contributed by atoms with Crippen LogP contribution < -0.4 is 4.74 Å². The second kappa shape index (κ2) is 8.80. The van der Waals surface area contributed by atoms with Crippen LogP contribution in [0.1, 0.15) is 49.0 Å². The smallest absolute Gasteiger partial charge is 0.252 e. The molecule has 1 aliphatic rings. The molecule has 140 valence electrons. The number of likely N-dealkylation sites (tertiary alicyclic amines) is 1. The molecule has 1 aromatic carbocycles. The summed E-state index contributed by atoms with van der Waals surface area (Å²) in [5.74, 6) is 1.78. The molecular formula is C19H25N3O4. The molecule has 0 aliphatic carbocycles. The first-order valence-electron chi connectivity index (χ1n) is 8.95. The van der Waals surface area contributed by atoms with Crippen molar-refractivity contribution < 1.29 is 18.8 Å². The fraction of sp³-hybridized carbons (Fsp3) is 0.526. The number of para-hydroxylation sites is 1. The third-order valence-corrected chi connectivity index (χ3v) is 4.66. The summed E-state index contributed by atoms with van der Waals surface area (Å²) in [5, 5.41) is 4.09. The van der Waals surface area contributed by atoms with Crippen molar-refractivity contribution in [1.29, 1.82) is 0 Å². The van der Waals surface area contributed by atoms with E-state index < -0.39 is 0 Å². The molecular weight excluding hydrogens is 334 g/mol. The number of nitrogens with zero attached hydrogens (tertiary/aromatic N) is 3. The summed E-state index contributed by atoms with van der Waals surface area (Å²) in [5.41, 5.74) is 0.885. The molecule has 7 heteroatoms. The lowest BCUT2D eigenvalue weighted by atomic mass is 10.1. The Kier molecular flexibility index (Phi) is 6.22. The monoisotopic (exact) mass is 359 g/mol. The van der Waals surface area contributed by atoms with E-state index in [1.54, 1.807) is 14.2 Å². The standard InChI is InChI=1S/C19H25N3O4/c1-24-13-17-20-19(21-26-17)15-9-4-3-7-11-22(15)18(23)12-14-8-5-6-10-16(14)25-2/h5-6,8,10,15H,3-4,7,9,11-13H2,1-2H3/t15-/m1/s1. The first kappa shape index (κ1) is 18.4. The summed E-state index contributed by atoms with van der Waals surface area (Å²) in [4.78, 5) is 19.4. The number of ether oxygens (including phenoxy) is 2. The van der Waals surface area contributed by atoms with Crippen molar-refractivity contribution in [3.8, 4) is 5.75 Å². The molecule has 0 N–H and O–H groups in total. The molecule has 1 amide bonds. The van der Waals surface area contributed by atoms with Crippen molar-refractivity contribution in [2.24, 2.45) is 0 Å². The minimum atomic E-state index is -0.158. The summed E-state index contributed by atoms with van der Waals surface area (Å²) in [6.45, 7) is 0.974. The molecule has 1 aliphatic heterocycles. The van der Waals surface area contributed by atoms with Crippen LogP contribution in [0.5, 0.6) is 5.75 Å². The molecule has 7 nitrogen and oxygen atoms in total. The Hall–Kier alpha value is -2.41. The summed E-state index contributed by atoms with van der Waals surface area (Å²) in [7, 11) is 3.20. The topological polar surface area (TPSA) is 77.7 Å². The van der Waals surface area contributed by atoms with Gasteiger partial charge in [0.15, 0.2) is 5.82 Å². The number of aromatic nitrogens is 2. The molecule has 2 heterocycles. The van der Waals surface area contributed by atoms with Gasteiger partial charge in [0.2, 0.25) is 5.91 Å². The van der Waals surface area contributed by atoms with Crippen LogP contribution in [0.2, 0.25) is 0 Å². The highest BCUT2D eigenvalue weighted by molar-refractivity contribution is 5.80. The predicted octanol–water partition coefficient (Wildman–Crippen LogP) is 2.91. The highest BCUT2D eigenvalue weighted by Gasteiger charge is 2.30. The molecule has 0 spiro atoms. The van der Waals surface area contributed by atoms with E-state index >= 15 is 0 Å². The normalized spacial score (nSPS) is 17.8. The lowest BCUT2D eigenvalue weighted by Gasteiger charge is -2.28. The zero-order chi connectivity index (χ0) is 18.4. The van der Waals surface area contributed by atoms with Crippen molar-refractivity contribution in [3.63, 3.8) is 0 Å². The summed E-state index contributed by atoms with van der Waals surface area (Å²) < 4.78 is 15.7. The highest BCUT2D eigenvalue weighted by Crippen LogP contribution is 2.30.